The number of anilines is 1. The van der Waals surface area contributed by atoms with Crippen molar-refractivity contribution in [3.63, 3.8) is 0 Å². The van der Waals surface area contributed by atoms with Gasteiger partial charge in [0.2, 0.25) is 0 Å². The number of fused-ring (bicyclic) bond motifs is 2. The van der Waals surface area contributed by atoms with E-state index in [-0.39, 0.29) is 17.3 Å². The van der Waals surface area contributed by atoms with E-state index in [1.54, 1.807) is 21.6 Å². The average Bonchev–Trinajstić information content (AvgIpc) is 2.86. The Kier molecular flexibility index (Phi) is 5.02. The summed E-state index contributed by atoms with van der Waals surface area (Å²) in [6.07, 6.45) is 3.90. The van der Waals surface area contributed by atoms with Crippen LogP contribution in [0, 0.1) is 12.7 Å². The maximum atomic E-state index is 13.3. The van der Waals surface area contributed by atoms with Crippen LogP contribution in [0.1, 0.15) is 47.2 Å². The molecule has 0 spiro atoms. The third kappa shape index (κ3) is 3.13. The highest BCUT2D eigenvalue weighted by molar-refractivity contribution is 7.20. The first-order chi connectivity index (χ1) is 13.5. The van der Waals surface area contributed by atoms with E-state index in [4.69, 9.17) is 4.98 Å². The van der Waals surface area contributed by atoms with Crippen molar-refractivity contribution in [1.29, 1.82) is 0 Å². The van der Waals surface area contributed by atoms with Gasteiger partial charge in [-0.1, -0.05) is 6.42 Å². The molecule has 0 radical (unpaired) electrons. The third-order valence-corrected chi connectivity index (χ3v) is 6.48. The van der Waals surface area contributed by atoms with Gasteiger partial charge in [0.05, 0.1) is 10.3 Å². The van der Waals surface area contributed by atoms with Crippen LogP contribution in [0.15, 0.2) is 29.1 Å². The minimum Gasteiger partial charge on any atom is -0.308 e. The molecule has 0 aliphatic carbocycles. The SMILES string of the molecule is CCN(C(=O)c1sc2nc3n(c(=O)c2c1C)CCCCC3)c1ccc(F)cc1. The molecule has 4 rings (SSSR count). The topological polar surface area (TPSA) is 55.2 Å². The Bertz CT molecular complexity index is 1100. The summed E-state index contributed by atoms with van der Waals surface area (Å²) in [6, 6.07) is 5.87. The quantitative estimate of drug-likeness (QED) is 0.660. The predicted molar refractivity (Wildman–Crippen MR) is 110 cm³/mol. The molecule has 0 unspecified atom stereocenters. The number of carbonyl (C=O) groups excluding carboxylic acids is 1. The second-order valence-electron chi connectivity index (χ2n) is 7.06. The van der Waals surface area contributed by atoms with Crippen LogP contribution in [-0.4, -0.2) is 22.0 Å². The molecule has 2 aromatic heterocycles. The molecular formula is C21H22FN3O2S. The Balaban J connectivity index is 1.81. The first kappa shape index (κ1) is 18.8. The summed E-state index contributed by atoms with van der Waals surface area (Å²) in [6.45, 7) is 4.82. The van der Waals surface area contributed by atoms with Gasteiger partial charge in [0.25, 0.3) is 11.5 Å². The van der Waals surface area contributed by atoms with Crippen LogP contribution in [-0.2, 0) is 13.0 Å². The Morgan fingerprint density at radius 1 is 1.25 bits per heavy atom. The molecule has 146 valence electrons. The van der Waals surface area contributed by atoms with E-state index in [2.05, 4.69) is 0 Å². The maximum absolute atomic E-state index is 13.3. The largest absolute Gasteiger partial charge is 0.308 e. The van der Waals surface area contributed by atoms with Crippen LogP contribution in [0.4, 0.5) is 10.1 Å². The number of halogens is 1. The lowest BCUT2D eigenvalue weighted by molar-refractivity contribution is 0.0991. The lowest BCUT2D eigenvalue weighted by atomic mass is 10.2. The zero-order valence-corrected chi connectivity index (χ0v) is 16.8. The van der Waals surface area contributed by atoms with Crippen LogP contribution in [0.3, 0.4) is 0 Å². The third-order valence-electron chi connectivity index (χ3n) is 5.31. The zero-order valence-electron chi connectivity index (χ0n) is 16.0. The van der Waals surface area contributed by atoms with E-state index in [1.165, 1.54) is 23.5 Å². The van der Waals surface area contributed by atoms with Crippen molar-refractivity contribution in [2.45, 2.75) is 46.1 Å². The summed E-state index contributed by atoms with van der Waals surface area (Å²) >= 11 is 1.28. The molecule has 3 heterocycles. The second-order valence-corrected chi connectivity index (χ2v) is 8.06. The number of thiophene rings is 1. The first-order valence-electron chi connectivity index (χ1n) is 9.61. The molecule has 0 saturated carbocycles. The average molecular weight is 399 g/mol. The molecule has 1 aliphatic heterocycles. The maximum Gasteiger partial charge on any atom is 0.268 e. The lowest BCUT2D eigenvalue weighted by Crippen LogP contribution is -2.30. The van der Waals surface area contributed by atoms with Gasteiger partial charge >= 0.3 is 0 Å². The van der Waals surface area contributed by atoms with Crippen molar-refractivity contribution in [3.05, 3.63) is 56.7 Å². The van der Waals surface area contributed by atoms with E-state index in [0.29, 0.717) is 39.4 Å². The number of hydrogen-bond acceptors (Lipinski definition) is 4. The normalized spacial score (nSPS) is 14.0. The molecule has 3 aromatic rings. The molecule has 5 nitrogen and oxygen atoms in total. The van der Waals surface area contributed by atoms with Gasteiger partial charge in [0, 0.05) is 25.2 Å². The van der Waals surface area contributed by atoms with E-state index < -0.39 is 0 Å². The summed E-state index contributed by atoms with van der Waals surface area (Å²) in [5, 5.41) is 0.550. The molecule has 0 saturated heterocycles. The van der Waals surface area contributed by atoms with Crippen molar-refractivity contribution >= 4 is 33.1 Å². The Labute approximate surface area is 166 Å². The molecule has 0 atom stereocenters. The summed E-state index contributed by atoms with van der Waals surface area (Å²) < 4.78 is 15.0. The van der Waals surface area contributed by atoms with Gasteiger partial charge in [-0.25, -0.2) is 9.37 Å². The Morgan fingerprint density at radius 3 is 2.71 bits per heavy atom. The highest BCUT2D eigenvalue weighted by atomic mass is 32.1. The summed E-state index contributed by atoms with van der Waals surface area (Å²) in [4.78, 5) is 33.8. The number of nitrogens with zero attached hydrogens (tertiary/aromatic N) is 3. The monoisotopic (exact) mass is 399 g/mol. The fraction of sp³-hybridized carbons (Fsp3) is 0.381. The second kappa shape index (κ2) is 7.47. The number of carbonyl (C=O) groups is 1. The summed E-state index contributed by atoms with van der Waals surface area (Å²) in [5.74, 6) is 0.291. The van der Waals surface area contributed by atoms with E-state index in [0.717, 1.165) is 31.5 Å². The number of amides is 1. The Hall–Kier alpha value is -2.54. The lowest BCUT2D eigenvalue weighted by Gasteiger charge is -2.20. The van der Waals surface area contributed by atoms with Crippen LogP contribution < -0.4 is 10.5 Å². The van der Waals surface area contributed by atoms with Crippen LogP contribution >= 0.6 is 11.3 Å². The van der Waals surface area contributed by atoms with Crippen molar-refractivity contribution in [2.24, 2.45) is 0 Å². The molecular weight excluding hydrogens is 377 g/mol. The molecule has 0 N–H and O–H groups in total. The van der Waals surface area contributed by atoms with Crippen LogP contribution in [0.25, 0.3) is 10.2 Å². The fourth-order valence-corrected chi connectivity index (χ4v) is 4.94. The van der Waals surface area contributed by atoms with Crippen LogP contribution in [0.5, 0.6) is 0 Å². The molecule has 1 aliphatic rings. The van der Waals surface area contributed by atoms with E-state index in [1.807, 2.05) is 13.8 Å². The zero-order chi connectivity index (χ0) is 19.8. The van der Waals surface area contributed by atoms with Crippen molar-refractivity contribution < 1.29 is 9.18 Å². The molecule has 0 fully saturated rings. The number of aromatic nitrogens is 2. The predicted octanol–water partition coefficient (Wildman–Crippen LogP) is 4.30. The first-order valence-corrected chi connectivity index (χ1v) is 10.4. The Morgan fingerprint density at radius 2 is 2.00 bits per heavy atom. The fourth-order valence-electron chi connectivity index (χ4n) is 3.80. The molecule has 1 amide bonds. The van der Waals surface area contributed by atoms with Gasteiger partial charge in [0.15, 0.2) is 0 Å². The van der Waals surface area contributed by atoms with Gasteiger partial charge in [-0.2, -0.15) is 0 Å². The highest BCUT2D eigenvalue weighted by Gasteiger charge is 2.25. The van der Waals surface area contributed by atoms with E-state index in [9.17, 15) is 14.0 Å². The standard InChI is InChI=1S/C21H22FN3O2S/c1-3-24(15-10-8-14(22)9-11-15)21(27)18-13(2)17-19(28-18)23-16-7-5-4-6-12-25(16)20(17)26/h8-11H,3-7,12H2,1-2H3. The van der Waals surface area contributed by atoms with E-state index >= 15 is 0 Å². The van der Waals surface area contributed by atoms with Crippen LogP contribution in [0.2, 0.25) is 0 Å². The number of rotatable bonds is 3. The van der Waals surface area contributed by atoms with Gasteiger partial charge in [-0.15, -0.1) is 11.3 Å². The van der Waals surface area contributed by atoms with Gasteiger partial charge < -0.3 is 4.90 Å². The van der Waals surface area contributed by atoms with Gasteiger partial charge in [0.1, 0.15) is 16.5 Å². The molecule has 1 aromatic carbocycles. The summed E-state index contributed by atoms with van der Waals surface area (Å²) in [7, 11) is 0. The minimum absolute atomic E-state index is 0.0421. The van der Waals surface area contributed by atoms with Crippen molar-refractivity contribution in [2.75, 3.05) is 11.4 Å². The molecule has 7 heteroatoms. The number of aryl methyl sites for hydroxylation is 2. The smallest absolute Gasteiger partial charge is 0.268 e. The minimum atomic E-state index is -0.344. The number of hydrogen-bond donors (Lipinski definition) is 0. The van der Waals surface area contributed by atoms with Gasteiger partial charge in [-0.05, 0) is 56.5 Å². The molecule has 28 heavy (non-hydrogen) atoms. The van der Waals surface area contributed by atoms with Crippen molar-refractivity contribution in [3.8, 4) is 0 Å². The number of benzene rings is 1. The van der Waals surface area contributed by atoms with Gasteiger partial charge in [-0.3, -0.25) is 14.2 Å². The molecule has 0 bridgehead atoms. The summed E-state index contributed by atoms with van der Waals surface area (Å²) in [5.41, 5.74) is 1.27. The highest BCUT2D eigenvalue weighted by Crippen LogP contribution is 2.30. The van der Waals surface area contributed by atoms with Crippen molar-refractivity contribution in [1.82, 2.24) is 9.55 Å².